The van der Waals surface area contributed by atoms with Crippen LogP contribution in [0.1, 0.15) is 35.3 Å². The summed E-state index contributed by atoms with van der Waals surface area (Å²) in [6.45, 7) is 2.17. The molecule has 1 fully saturated rings. The molecular weight excluding hydrogens is 449 g/mol. The number of halogens is 1. The zero-order valence-electron chi connectivity index (χ0n) is 19.5. The number of nitrogens with zero attached hydrogens (tertiary/aromatic N) is 1. The summed E-state index contributed by atoms with van der Waals surface area (Å²) in [6.07, 6.45) is 0.143. The van der Waals surface area contributed by atoms with Crippen LogP contribution in [0.5, 0.6) is 5.75 Å². The van der Waals surface area contributed by atoms with Gasteiger partial charge in [-0.3, -0.25) is 14.4 Å². The molecule has 4 rings (SSSR count). The Labute approximate surface area is 202 Å². The first-order valence-electron chi connectivity index (χ1n) is 11.3. The Morgan fingerprint density at radius 2 is 1.77 bits per heavy atom. The second-order valence-electron chi connectivity index (χ2n) is 8.42. The highest BCUT2D eigenvalue weighted by molar-refractivity contribution is 6.04. The van der Waals surface area contributed by atoms with Crippen LogP contribution in [0.25, 0.3) is 0 Å². The topological polar surface area (TPSA) is 87.7 Å². The molecule has 2 atom stereocenters. The summed E-state index contributed by atoms with van der Waals surface area (Å²) in [5.41, 5.74) is 2.49. The van der Waals surface area contributed by atoms with E-state index in [1.165, 1.54) is 24.3 Å². The van der Waals surface area contributed by atoms with Gasteiger partial charge in [0, 0.05) is 36.0 Å². The van der Waals surface area contributed by atoms with Crippen molar-refractivity contribution in [3.8, 4) is 5.75 Å². The lowest BCUT2D eigenvalue weighted by atomic mass is 10.0. The lowest BCUT2D eigenvalue weighted by molar-refractivity contribution is -0.126. The number of nitrogens with one attached hydrogen (secondary N) is 2. The van der Waals surface area contributed by atoms with E-state index in [0.717, 1.165) is 5.56 Å². The largest absolute Gasteiger partial charge is 0.497 e. The van der Waals surface area contributed by atoms with Gasteiger partial charge < -0.3 is 20.3 Å². The van der Waals surface area contributed by atoms with E-state index in [0.29, 0.717) is 29.2 Å². The van der Waals surface area contributed by atoms with E-state index in [9.17, 15) is 18.8 Å². The van der Waals surface area contributed by atoms with Crippen LogP contribution in [0.3, 0.4) is 0 Å². The van der Waals surface area contributed by atoms with Crippen LogP contribution in [0.4, 0.5) is 15.8 Å². The summed E-state index contributed by atoms with van der Waals surface area (Å²) < 4.78 is 18.3. The Morgan fingerprint density at radius 3 is 2.46 bits per heavy atom. The van der Waals surface area contributed by atoms with E-state index in [4.69, 9.17) is 4.74 Å². The van der Waals surface area contributed by atoms with E-state index in [1.54, 1.807) is 36.3 Å². The molecule has 7 nitrogen and oxygen atoms in total. The number of amides is 3. The maximum absolute atomic E-state index is 13.0. The molecule has 0 aliphatic carbocycles. The summed E-state index contributed by atoms with van der Waals surface area (Å²) in [6, 6.07) is 19.3. The normalized spacial score (nSPS) is 16.0. The molecule has 1 aliphatic heterocycles. The van der Waals surface area contributed by atoms with Crippen LogP contribution < -0.4 is 20.3 Å². The summed E-state index contributed by atoms with van der Waals surface area (Å²) in [4.78, 5) is 39.3. The number of carbonyl (C=O) groups excluding carboxylic acids is 3. The van der Waals surface area contributed by atoms with Crippen molar-refractivity contribution in [2.75, 3.05) is 23.9 Å². The standard InChI is InChI=1S/C27H26FN3O4/c1-17(18-8-12-22(13-9-18)30-26(33)19-6-10-21(28)11-7-19)29-27(34)20-14-25(32)31(16-20)23-4-3-5-24(15-23)35-2/h3-13,15,17,20H,14,16H2,1-2H3,(H,29,34)(H,30,33). The molecule has 2 unspecified atom stereocenters. The lowest BCUT2D eigenvalue weighted by Crippen LogP contribution is -2.34. The van der Waals surface area contributed by atoms with Crippen molar-refractivity contribution in [3.63, 3.8) is 0 Å². The Balaban J connectivity index is 1.34. The Kier molecular flexibility index (Phi) is 7.10. The van der Waals surface area contributed by atoms with E-state index in [1.807, 2.05) is 31.2 Å². The zero-order chi connectivity index (χ0) is 24.9. The molecule has 8 heteroatoms. The van der Waals surface area contributed by atoms with Crippen molar-refractivity contribution in [1.29, 1.82) is 0 Å². The van der Waals surface area contributed by atoms with Gasteiger partial charge in [-0.05, 0) is 61.0 Å². The SMILES string of the molecule is COc1cccc(N2CC(C(=O)NC(C)c3ccc(NC(=O)c4ccc(F)cc4)cc3)CC2=O)c1. The van der Waals surface area contributed by atoms with Gasteiger partial charge in [0.05, 0.1) is 19.1 Å². The Bertz CT molecular complexity index is 1230. The van der Waals surface area contributed by atoms with Crippen LogP contribution >= 0.6 is 0 Å². The maximum Gasteiger partial charge on any atom is 0.255 e. The number of hydrogen-bond donors (Lipinski definition) is 2. The van der Waals surface area contributed by atoms with Crippen LogP contribution in [0.2, 0.25) is 0 Å². The van der Waals surface area contributed by atoms with Crippen molar-refractivity contribution in [2.24, 2.45) is 5.92 Å². The van der Waals surface area contributed by atoms with Crippen LogP contribution in [0.15, 0.2) is 72.8 Å². The molecule has 1 aliphatic rings. The molecule has 2 N–H and O–H groups in total. The summed E-state index contributed by atoms with van der Waals surface area (Å²) in [5, 5.41) is 5.74. The molecule has 0 radical (unpaired) electrons. The number of anilines is 2. The molecule has 35 heavy (non-hydrogen) atoms. The molecule has 0 saturated carbocycles. The number of ether oxygens (including phenoxy) is 1. The van der Waals surface area contributed by atoms with Gasteiger partial charge in [0.25, 0.3) is 5.91 Å². The minimum Gasteiger partial charge on any atom is -0.497 e. The van der Waals surface area contributed by atoms with Gasteiger partial charge in [-0.25, -0.2) is 4.39 Å². The van der Waals surface area contributed by atoms with Crippen molar-refractivity contribution in [3.05, 3.63) is 89.7 Å². The van der Waals surface area contributed by atoms with Gasteiger partial charge in [-0.1, -0.05) is 18.2 Å². The first-order chi connectivity index (χ1) is 16.8. The molecule has 0 spiro atoms. The van der Waals surface area contributed by atoms with E-state index >= 15 is 0 Å². The molecule has 3 amide bonds. The highest BCUT2D eigenvalue weighted by Crippen LogP contribution is 2.28. The van der Waals surface area contributed by atoms with Crippen LogP contribution in [-0.2, 0) is 9.59 Å². The van der Waals surface area contributed by atoms with Crippen molar-refractivity contribution < 1.29 is 23.5 Å². The van der Waals surface area contributed by atoms with E-state index in [-0.39, 0.29) is 30.2 Å². The third-order valence-corrected chi connectivity index (χ3v) is 5.99. The number of benzene rings is 3. The highest BCUT2D eigenvalue weighted by atomic mass is 19.1. The van der Waals surface area contributed by atoms with Crippen LogP contribution in [-0.4, -0.2) is 31.4 Å². The van der Waals surface area contributed by atoms with Gasteiger partial charge in [0.2, 0.25) is 11.8 Å². The second kappa shape index (κ2) is 10.4. The van der Waals surface area contributed by atoms with E-state index in [2.05, 4.69) is 10.6 Å². The Hall–Kier alpha value is -4.20. The van der Waals surface area contributed by atoms with E-state index < -0.39 is 11.7 Å². The van der Waals surface area contributed by atoms with Crippen LogP contribution in [0, 0.1) is 11.7 Å². The molecule has 0 bridgehead atoms. The lowest BCUT2D eigenvalue weighted by Gasteiger charge is -2.19. The fraction of sp³-hybridized carbons (Fsp3) is 0.222. The monoisotopic (exact) mass is 475 g/mol. The predicted octanol–water partition coefficient (Wildman–Crippen LogP) is 4.32. The minimum atomic E-state index is -0.453. The predicted molar refractivity (Wildman–Crippen MR) is 131 cm³/mol. The fourth-order valence-corrected chi connectivity index (χ4v) is 3.99. The van der Waals surface area contributed by atoms with Crippen molar-refractivity contribution >= 4 is 29.1 Å². The van der Waals surface area contributed by atoms with Gasteiger partial charge in [-0.15, -0.1) is 0 Å². The molecule has 180 valence electrons. The molecule has 3 aromatic rings. The van der Waals surface area contributed by atoms with Gasteiger partial charge in [-0.2, -0.15) is 0 Å². The van der Waals surface area contributed by atoms with Gasteiger partial charge >= 0.3 is 0 Å². The third-order valence-electron chi connectivity index (χ3n) is 5.99. The average Bonchev–Trinajstić information content (AvgIpc) is 3.26. The number of rotatable bonds is 7. The quantitative estimate of drug-likeness (QED) is 0.533. The van der Waals surface area contributed by atoms with Gasteiger partial charge in [0.15, 0.2) is 0 Å². The summed E-state index contributed by atoms with van der Waals surface area (Å²) in [7, 11) is 1.56. The first kappa shape index (κ1) is 23.9. The Morgan fingerprint density at radius 1 is 1.06 bits per heavy atom. The molecule has 1 heterocycles. The average molecular weight is 476 g/mol. The molecule has 3 aromatic carbocycles. The number of hydrogen-bond acceptors (Lipinski definition) is 4. The molecule has 0 aromatic heterocycles. The first-order valence-corrected chi connectivity index (χ1v) is 11.3. The summed E-state index contributed by atoms with van der Waals surface area (Å²) in [5.74, 6) is -0.848. The third kappa shape index (κ3) is 5.66. The zero-order valence-corrected chi connectivity index (χ0v) is 19.5. The molecule has 1 saturated heterocycles. The van der Waals surface area contributed by atoms with Crippen molar-refractivity contribution in [1.82, 2.24) is 5.32 Å². The number of methoxy groups -OCH3 is 1. The van der Waals surface area contributed by atoms with Gasteiger partial charge in [0.1, 0.15) is 11.6 Å². The molecular formula is C27H26FN3O4. The second-order valence-corrected chi connectivity index (χ2v) is 8.42. The highest BCUT2D eigenvalue weighted by Gasteiger charge is 2.35. The fourth-order valence-electron chi connectivity index (χ4n) is 3.99. The maximum atomic E-state index is 13.0. The minimum absolute atomic E-state index is 0.104. The summed E-state index contributed by atoms with van der Waals surface area (Å²) >= 11 is 0. The van der Waals surface area contributed by atoms with Crippen molar-refractivity contribution in [2.45, 2.75) is 19.4 Å². The number of carbonyl (C=O) groups is 3. The smallest absolute Gasteiger partial charge is 0.255 e.